The maximum absolute atomic E-state index is 13.1. The fourth-order valence-corrected chi connectivity index (χ4v) is 4.21. The van der Waals surface area contributed by atoms with E-state index in [1.165, 1.54) is 16.7 Å². The molecule has 2 rings (SSSR count). The summed E-state index contributed by atoms with van der Waals surface area (Å²) < 4.78 is 5.29. The van der Waals surface area contributed by atoms with Crippen molar-refractivity contribution < 1.29 is 14.3 Å². The molecule has 6 heteroatoms. The lowest BCUT2D eigenvalue weighted by Crippen LogP contribution is -2.48. The van der Waals surface area contributed by atoms with Gasteiger partial charge in [-0.15, -0.1) is 11.8 Å². The predicted molar refractivity (Wildman–Crippen MR) is 124 cm³/mol. The lowest BCUT2D eigenvalue weighted by atomic mass is 10.1. The minimum absolute atomic E-state index is 0.0500. The minimum atomic E-state index is -0.550. The molecule has 30 heavy (non-hydrogen) atoms. The van der Waals surface area contributed by atoms with Crippen molar-refractivity contribution in [3.8, 4) is 5.75 Å². The molecule has 5 nitrogen and oxygen atoms in total. The number of methoxy groups -OCH3 is 1. The lowest BCUT2D eigenvalue weighted by molar-refractivity contribution is -0.138. The van der Waals surface area contributed by atoms with Gasteiger partial charge in [-0.25, -0.2) is 0 Å². The molecule has 0 aromatic heterocycles. The summed E-state index contributed by atoms with van der Waals surface area (Å²) in [6.07, 6.45) is 0. The van der Waals surface area contributed by atoms with Gasteiger partial charge in [0.15, 0.2) is 0 Å². The zero-order valence-corrected chi connectivity index (χ0v) is 19.3. The number of nitrogens with zero attached hydrogens (tertiary/aromatic N) is 1. The molecule has 2 aromatic carbocycles. The van der Waals surface area contributed by atoms with Gasteiger partial charge in [0.1, 0.15) is 11.8 Å². The lowest BCUT2D eigenvalue weighted by Gasteiger charge is -2.28. The monoisotopic (exact) mass is 428 g/mol. The maximum atomic E-state index is 13.1. The number of benzene rings is 2. The van der Waals surface area contributed by atoms with Crippen LogP contribution in [0.5, 0.6) is 5.75 Å². The standard InChI is InChI=1S/C24H32N2O3S/c1-6-25-24(28)19(4)26(14-20-8-7-9-22(13-20)29-5)23(27)16-30-15-21-11-17(2)10-18(3)12-21/h7-13,19H,6,14-16H2,1-5H3,(H,25,28). The molecule has 0 saturated carbocycles. The highest BCUT2D eigenvalue weighted by Crippen LogP contribution is 2.19. The molecule has 1 N–H and O–H groups in total. The molecule has 2 amide bonds. The van der Waals surface area contributed by atoms with Crippen molar-refractivity contribution in [3.63, 3.8) is 0 Å². The van der Waals surface area contributed by atoms with Crippen LogP contribution in [0.15, 0.2) is 42.5 Å². The second-order valence-corrected chi connectivity index (χ2v) is 8.42. The minimum Gasteiger partial charge on any atom is -0.497 e. The Labute approximate surface area is 184 Å². The third-order valence-electron chi connectivity index (χ3n) is 4.78. The first-order valence-corrected chi connectivity index (χ1v) is 11.3. The molecule has 0 aliphatic heterocycles. The van der Waals surface area contributed by atoms with Crippen LogP contribution in [0.1, 0.15) is 36.1 Å². The van der Waals surface area contributed by atoms with Crippen molar-refractivity contribution in [1.82, 2.24) is 10.2 Å². The number of aryl methyl sites for hydroxylation is 2. The first-order valence-electron chi connectivity index (χ1n) is 10.2. The summed E-state index contributed by atoms with van der Waals surface area (Å²) in [7, 11) is 1.61. The van der Waals surface area contributed by atoms with Gasteiger partial charge in [-0.1, -0.05) is 41.5 Å². The Hall–Kier alpha value is -2.47. The molecule has 0 aliphatic carbocycles. The molecule has 0 bridgehead atoms. The van der Waals surface area contributed by atoms with Gasteiger partial charge in [-0.3, -0.25) is 9.59 Å². The van der Waals surface area contributed by atoms with Gasteiger partial charge >= 0.3 is 0 Å². The zero-order valence-electron chi connectivity index (χ0n) is 18.5. The molecular weight excluding hydrogens is 396 g/mol. The normalized spacial score (nSPS) is 11.6. The van der Waals surface area contributed by atoms with E-state index in [4.69, 9.17) is 4.74 Å². The molecular formula is C24H32N2O3S. The van der Waals surface area contributed by atoms with E-state index in [0.717, 1.165) is 17.1 Å². The van der Waals surface area contributed by atoms with E-state index in [-0.39, 0.29) is 11.8 Å². The number of rotatable bonds is 10. The molecule has 1 unspecified atom stereocenters. The second-order valence-electron chi connectivity index (χ2n) is 7.43. The molecule has 0 heterocycles. The van der Waals surface area contributed by atoms with Gasteiger partial charge in [0.2, 0.25) is 11.8 Å². The van der Waals surface area contributed by atoms with Crippen molar-refractivity contribution in [3.05, 3.63) is 64.7 Å². The summed E-state index contributed by atoms with van der Waals surface area (Å²) in [5, 5.41) is 2.82. The number of thioether (sulfide) groups is 1. The van der Waals surface area contributed by atoms with Crippen LogP contribution in [-0.4, -0.2) is 42.2 Å². The third-order valence-corrected chi connectivity index (χ3v) is 5.77. The van der Waals surface area contributed by atoms with Gasteiger partial charge in [0, 0.05) is 18.8 Å². The van der Waals surface area contributed by atoms with E-state index in [0.29, 0.717) is 18.8 Å². The van der Waals surface area contributed by atoms with E-state index < -0.39 is 6.04 Å². The number of ether oxygens (including phenoxy) is 1. The smallest absolute Gasteiger partial charge is 0.242 e. The third kappa shape index (κ3) is 7.10. The molecule has 2 aromatic rings. The number of carbonyl (C=O) groups is 2. The van der Waals surface area contributed by atoms with Crippen molar-refractivity contribution in [1.29, 1.82) is 0 Å². The summed E-state index contributed by atoms with van der Waals surface area (Å²) in [6, 6.07) is 13.5. The SMILES string of the molecule is CCNC(=O)C(C)N(Cc1cccc(OC)c1)C(=O)CSCc1cc(C)cc(C)c1. The van der Waals surface area contributed by atoms with Crippen molar-refractivity contribution >= 4 is 23.6 Å². The van der Waals surface area contributed by atoms with E-state index in [9.17, 15) is 9.59 Å². The Bertz CT molecular complexity index is 849. The van der Waals surface area contributed by atoms with Crippen molar-refractivity contribution in [2.45, 2.75) is 46.0 Å². The largest absolute Gasteiger partial charge is 0.497 e. The highest BCUT2D eigenvalue weighted by atomic mass is 32.2. The number of nitrogens with one attached hydrogen (secondary N) is 1. The fraction of sp³-hybridized carbons (Fsp3) is 0.417. The zero-order chi connectivity index (χ0) is 22.1. The highest BCUT2D eigenvalue weighted by Gasteiger charge is 2.25. The predicted octanol–water partition coefficient (Wildman–Crippen LogP) is 4.10. The van der Waals surface area contributed by atoms with Gasteiger partial charge < -0.3 is 15.0 Å². The van der Waals surface area contributed by atoms with Crippen LogP contribution in [0.25, 0.3) is 0 Å². The quantitative estimate of drug-likeness (QED) is 0.619. The first kappa shape index (κ1) is 23.8. The average molecular weight is 429 g/mol. The van der Waals surface area contributed by atoms with E-state index in [1.807, 2.05) is 31.2 Å². The van der Waals surface area contributed by atoms with Gasteiger partial charge in [-0.05, 0) is 51.0 Å². The van der Waals surface area contributed by atoms with E-state index in [2.05, 4.69) is 37.4 Å². The summed E-state index contributed by atoms with van der Waals surface area (Å²) in [5.74, 6) is 1.62. The Morgan fingerprint density at radius 2 is 1.80 bits per heavy atom. The first-order chi connectivity index (χ1) is 14.3. The van der Waals surface area contributed by atoms with Crippen LogP contribution >= 0.6 is 11.8 Å². The van der Waals surface area contributed by atoms with Crippen LogP contribution in [0, 0.1) is 13.8 Å². The average Bonchev–Trinajstić information content (AvgIpc) is 2.71. The molecule has 0 saturated heterocycles. The number of amides is 2. The van der Waals surface area contributed by atoms with Gasteiger partial charge in [0.05, 0.1) is 12.9 Å². The second kappa shape index (κ2) is 11.6. The van der Waals surface area contributed by atoms with E-state index >= 15 is 0 Å². The summed E-state index contributed by atoms with van der Waals surface area (Å²) in [6.45, 7) is 8.70. The Balaban J connectivity index is 2.09. The molecule has 0 radical (unpaired) electrons. The van der Waals surface area contributed by atoms with Crippen molar-refractivity contribution in [2.75, 3.05) is 19.4 Å². The highest BCUT2D eigenvalue weighted by molar-refractivity contribution is 7.99. The van der Waals surface area contributed by atoms with E-state index in [1.54, 1.807) is 30.7 Å². The molecule has 162 valence electrons. The number of hydrogen-bond donors (Lipinski definition) is 1. The van der Waals surface area contributed by atoms with Crippen LogP contribution in [0.3, 0.4) is 0 Å². The van der Waals surface area contributed by atoms with Crippen LogP contribution in [-0.2, 0) is 21.9 Å². The summed E-state index contributed by atoms with van der Waals surface area (Å²) in [5.41, 5.74) is 4.59. The Morgan fingerprint density at radius 1 is 1.10 bits per heavy atom. The molecule has 0 fully saturated rings. The Kier molecular flexibility index (Phi) is 9.24. The molecule has 0 aliphatic rings. The summed E-state index contributed by atoms with van der Waals surface area (Å²) in [4.78, 5) is 27.2. The summed E-state index contributed by atoms with van der Waals surface area (Å²) >= 11 is 1.57. The number of likely N-dealkylation sites (N-methyl/N-ethyl adjacent to an activating group) is 1. The number of carbonyl (C=O) groups excluding carboxylic acids is 2. The van der Waals surface area contributed by atoms with Gasteiger partial charge in [0.25, 0.3) is 0 Å². The van der Waals surface area contributed by atoms with Gasteiger partial charge in [-0.2, -0.15) is 0 Å². The van der Waals surface area contributed by atoms with Crippen molar-refractivity contribution in [2.24, 2.45) is 0 Å². The van der Waals surface area contributed by atoms with Crippen LogP contribution < -0.4 is 10.1 Å². The Morgan fingerprint density at radius 3 is 2.43 bits per heavy atom. The van der Waals surface area contributed by atoms with Crippen LogP contribution in [0.4, 0.5) is 0 Å². The topological polar surface area (TPSA) is 58.6 Å². The number of hydrogen-bond acceptors (Lipinski definition) is 4. The maximum Gasteiger partial charge on any atom is 0.242 e. The van der Waals surface area contributed by atoms with Crippen LogP contribution in [0.2, 0.25) is 0 Å². The molecule has 1 atom stereocenters. The molecule has 0 spiro atoms. The fourth-order valence-electron chi connectivity index (χ4n) is 3.36.